The Labute approximate surface area is 161 Å². The van der Waals surface area contributed by atoms with E-state index in [9.17, 15) is 9.18 Å². The molecule has 2 aromatic carbocycles. The Bertz CT molecular complexity index is 911. The average molecular weight is 385 g/mol. The fourth-order valence-corrected chi connectivity index (χ4v) is 3.61. The van der Waals surface area contributed by atoms with E-state index in [2.05, 4.69) is 5.32 Å². The molecule has 0 saturated heterocycles. The Morgan fingerprint density at radius 1 is 1.22 bits per heavy atom. The summed E-state index contributed by atoms with van der Waals surface area (Å²) in [5.41, 5.74) is 1.37. The zero-order chi connectivity index (χ0) is 19.2. The van der Waals surface area contributed by atoms with Crippen LogP contribution in [0.5, 0.6) is 5.75 Å². The number of ether oxygens (including phenoxy) is 1. The van der Waals surface area contributed by atoms with Crippen molar-refractivity contribution in [1.82, 2.24) is 5.32 Å². The van der Waals surface area contributed by atoms with Gasteiger partial charge in [0.25, 0.3) is 5.91 Å². The summed E-state index contributed by atoms with van der Waals surface area (Å²) >= 11 is 1.62. The molecule has 3 aromatic rings. The van der Waals surface area contributed by atoms with Crippen molar-refractivity contribution in [2.75, 3.05) is 7.11 Å². The van der Waals surface area contributed by atoms with E-state index in [1.165, 1.54) is 25.5 Å². The lowest BCUT2D eigenvalue weighted by Gasteiger charge is -2.17. The number of hydrogen-bond acceptors (Lipinski definition) is 4. The molecule has 1 N–H and O–H groups in total. The number of halogens is 1. The molecule has 0 aliphatic rings. The summed E-state index contributed by atoms with van der Waals surface area (Å²) in [5.74, 6) is 0.664. The molecule has 0 saturated carbocycles. The van der Waals surface area contributed by atoms with E-state index in [1.807, 2.05) is 30.3 Å². The highest BCUT2D eigenvalue weighted by molar-refractivity contribution is 7.98. The van der Waals surface area contributed by atoms with E-state index in [1.54, 1.807) is 30.8 Å². The standard InChI is InChI=1S/C21H20FNO3S/c1-14(18-12-16(22)8-9-19(18)25-2)23-21(24)20-15(10-11-26-20)13-27-17-6-4-3-5-7-17/h3-12,14H,13H2,1-2H3,(H,23,24). The molecule has 0 fully saturated rings. The van der Waals surface area contributed by atoms with Crippen LogP contribution in [0.3, 0.4) is 0 Å². The number of carbonyl (C=O) groups excluding carboxylic acids is 1. The zero-order valence-electron chi connectivity index (χ0n) is 15.1. The highest BCUT2D eigenvalue weighted by Gasteiger charge is 2.20. The van der Waals surface area contributed by atoms with Crippen molar-refractivity contribution in [2.24, 2.45) is 0 Å². The van der Waals surface area contributed by atoms with Crippen LogP contribution in [0.15, 0.2) is 70.2 Å². The van der Waals surface area contributed by atoms with E-state index in [4.69, 9.17) is 9.15 Å². The zero-order valence-corrected chi connectivity index (χ0v) is 15.9. The van der Waals surface area contributed by atoms with E-state index < -0.39 is 6.04 Å². The molecule has 6 heteroatoms. The van der Waals surface area contributed by atoms with Crippen molar-refractivity contribution in [3.05, 3.63) is 83.6 Å². The first-order valence-electron chi connectivity index (χ1n) is 8.47. The first kappa shape index (κ1) is 19.0. The van der Waals surface area contributed by atoms with Crippen molar-refractivity contribution in [3.63, 3.8) is 0 Å². The van der Waals surface area contributed by atoms with Gasteiger partial charge in [-0.1, -0.05) is 18.2 Å². The lowest BCUT2D eigenvalue weighted by molar-refractivity contribution is 0.0910. The number of hydrogen-bond donors (Lipinski definition) is 1. The van der Waals surface area contributed by atoms with Gasteiger partial charge in [0.2, 0.25) is 0 Å². The van der Waals surface area contributed by atoms with Gasteiger partial charge in [-0.25, -0.2) is 4.39 Å². The quantitative estimate of drug-likeness (QED) is 0.567. The van der Waals surface area contributed by atoms with E-state index >= 15 is 0 Å². The third-order valence-electron chi connectivity index (χ3n) is 4.10. The lowest BCUT2D eigenvalue weighted by Crippen LogP contribution is -2.27. The predicted molar refractivity (Wildman–Crippen MR) is 104 cm³/mol. The fraction of sp³-hybridized carbons (Fsp3) is 0.190. The molecule has 27 heavy (non-hydrogen) atoms. The number of amides is 1. The molecule has 1 unspecified atom stereocenters. The van der Waals surface area contributed by atoms with Gasteiger partial charge in [-0.05, 0) is 43.3 Å². The maximum absolute atomic E-state index is 13.6. The number of carbonyl (C=O) groups is 1. The topological polar surface area (TPSA) is 51.5 Å². The van der Waals surface area contributed by atoms with Crippen molar-refractivity contribution in [3.8, 4) is 5.75 Å². The van der Waals surface area contributed by atoms with Crippen LogP contribution < -0.4 is 10.1 Å². The number of nitrogens with one attached hydrogen (secondary N) is 1. The van der Waals surface area contributed by atoms with E-state index in [0.717, 1.165) is 10.5 Å². The predicted octanol–water partition coefficient (Wildman–Crippen LogP) is 5.21. The number of methoxy groups -OCH3 is 1. The molecule has 0 aliphatic carbocycles. The van der Waals surface area contributed by atoms with E-state index in [-0.39, 0.29) is 17.5 Å². The minimum absolute atomic E-state index is 0.264. The Balaban J connectivity index is 1.70. The van der Waals surface area contributed by atoms with Crippen molar-refractivity contribution in [2.45, 2.75) is 23.6 Å². The number of furan rings is 1. The summed E-state index contributed by atoms with van der Waals surface area (Å²) in [6.07, 6.45) is 1.50. The molecule has 1 amide bonds. The first-order chi connectivity index (χ1) is 13.1. The van der Waals surface area contributed by atoms with E-state index in [0.29, 0.717) is 17.1 Å². The Morgan fingerprint density at radius 3 is 2.74 bits per heavy atom. The van der Waals surface area contributed by atoms with Crippen molar-refractivity contribution in [1.29, 1.82) is 0 Å². The van der Waals surface area contributed by atoms with Crippen LogP contribution >= 0.6 is 11.8 Å². The minimum atomic E-state index is -0.442. The van der Waals surface area contributed by atoms with Crippen molar-refractivity contribution >= 4 is 17.7 Å². The summed E-state index contributed by atoms with van der Waals surface area (Å²) in [5, 5.41) is 2.85. The molecule has 0 radical (unpaired) electrons. The van der Waals surface area contributed by atoms with Gasteiger partial charge in [0.05, 0.1) is 19.4 Å². The van der Waals surface area contributed by atoms with Gasteiger partial charge < -0.3 is 14.5 Å². The molecule has 4 nitrogen and oxygen atoms in total. The largest absolute Gasteiger partial charge is 0.496 e. The summed E-state index contributed by atoms with van der Waals surface area (Å²) in [6.45, 7) is 1.77. The fourth-order valence-electron chi connectivity index (χ4n) is 2.71. The monoisotopic (exact) mass is 385 g/mol. The smallest absolute Gasteiger partial charge is 0.287 e. The molecule has 0 spiro atoms. The van der Waals surface area contributed by atoms with Crippen LogP contribution in [0, 0.1) is 5.82 Å². The molecule has 1 aromatic heterocycles. The molecule has 1 atom stereocenters. The molecule has 140 valence electrons. The Hall–Kier alpha value is -2.73. The normalized spacial score (nSPS) is 11.8. The van der Waals surface area contributed by atoms with Gasteiger partial charge in [-0.2, -0.15) is 0 Å². The molecular weight excluding hydrogens is 365 g/mol. The van der Waals surface area contributed by atoms with Gasteiger partial charge in [0.15, 0.2) is 5.76 Å². The van der Waals surface area contributed by atoms with Crippen LogP contribution in [0.4, 0.5) is 4.39 Å². The molecule has 0 aliphatic heterocycles. The number of thioether (sulfide) groups is 1. The minimum Gasteiger partial charge on any atom is -0.496 e. The van der Waals surface area contributed by atoms with Gasteiger partial charge in [0, 0.05) is 21.8 Å². The van der Waals surface area contributed by atoms with Crippen LogP contribution in [0.2, 0.25) is 0 Å². The summed E-state index contributed by atoms with van der Waals surface area (Å²) < 4.78 is 24.3. The second-order valence-corrected chi connectivity index (χ2v) is 7.01. The third kappa shape index (κ3) is 4.71. The second-order valence-electron chi connectivity index (χ2n) is 5.96. The van der Waals surface area contributed by atoms with Crippen molar-refractivity contribution < 1.29 is 18.3 Å². The third-order valence-corrected chi connectivity index (χ3v) is 5.16. The Kier molecular flexibility index (Phi) is 6.19. The average Bonchev–Trinajstić information content (AvgIpc) is 3.16. The van der Waals surface area contributed by atoms with Gasteiger partial charge in [-0.3, -0.25) is 4.79 Å². The second kappa shape index (κ2) is 8.77. The summed E-state index contributed by atoms with van der Waals surface area (Å²) in [4.78, 5) is 13.8. The maximum Gasteiger partial charge on any atom is 0.287 e. The highest BCUT2D eigenvalue weighted by Crippen LogP contribution is 2.28. The molecule has 1 heterocycles. The van der Waals surface area contributed by atoms with Gasteiger partial charge in [-0.15, -0.1) is 11.8 Å². The maximum atomic E-state index is 13.6. The number of rotatable bonds is 7. The SMILES string of the molecule is COc1ccc(F)cc1C(C)NC(=O)c1occc1CSc1ccccc1. The van der Waals surface area contributed by atoms with Crippen LogP contribution in [-0.2, 0) is 5.75 Å². The van der Waals surface area contributed by atoms with Crippen LogP contribution in [0.1, 0.15) is 34.6 Å². The Morgan fingerprint density at radius 2 is 2.00 bits per heavy atom. The lowest BCUT2D eigenvalue weighted by atomic mass is 10.1. The summed E-state index contributed by atoms with van der Waals surface area (Å²) in [7, 11) is 1.51. The van der Waals surface area contributed by atoms with Crippen LogP contribution in [-0.4, -0.2) is 13.0 Å². The summed E-state index contributed by atoms with van der Waals surface area (Å²) in [6, 6.07) is 15.5. The molecule has 0 bridgehead atoms. The molecule has 3 rings (SSSR count). The van der Waals surface area contributed by atoms with Gasteiger partial charge in [0.1, 0.15) is 11.6 Å². The molecular formula is C21H20FNO3S. The van der Waals surface area contributed by atoms with Gasteiger partial charge >= 0.3 is 0 Å². The number of benzene rings is 2. The van der Waals surface area contributed by atoms with Crippen LogP contribution in [0.25, 0.3) is 0 Å². The first-order valence-corrected chi connectivity index (χ1v) is 9.45. The highest BCUT2D eigenvalue weighted by atomic mass is 32.2.